The van der Waals surface area contributed by atoms with Crippen LogP contribution in [0.3, 0.4) is 0 Å². The first-order chi connectivity index (χ1) is 15.5. The average Bonchev–Trinajstić information content (AvgIpc) is 3.29. The van der Waals surface area contributed by atoms with Crippen molar-refractivity contribution < 1.29 is 23.4 Å². The van der Waals surface area contributed by atoms with Crippen LogP contribution in [0.15, 0.2) is 24.3 Å². The number of methoxy groups -OCH3 is 1. The highest BCUT2D eigenvalue weighted by atomic mass is 19.1. The molecule has 2 atom stereocenters. The van der Waals surface area contributed by atoms with Gasteiger partial charge in [-0.3, -0.25) is 4.79 Å². The van der Waals surface area contributed by atoms with Gasteiger partial charge >= 0.3 is 0 Å². The number of hydrogen-bond acceptors (Lipinski definition) is 8. The van der Waals surface area contributed by atoms with Crippen molar-refractivity contribution in [2.24, 2.45) is 0 Å². The van der Waals surface area contributed by atoms with Gasteiger partial charge in [-0.1, -0.05) is 0 Å². The maximum Gasteiger partial charge on any atom is 0.257 e. The standard InChI is InChI=1S/C22H22FN5O4/c1-11-7-31-10-19(17-3-4-20(30-2)27-26-17)28(11)22(29)13-5-12-14-8-32-9-15(14)21(24)25-18(12)6-16(13)23/h3-6,11,19H,7-10H2,1-2H3,(H2,24,25)/t11-,19-/m1/s1. The highest BCUT2D eigenvalue weighted by Crippen LogP contribution is 2.34. The molecule has 1 fully saturated rings. The maximum absolute atomic E-state index is 15.1. The van der Waals surface area contributed by atoms with Crippen molar-refractivity contribution in [3.8, 4) is 5.88 Å². The molecule has 2 aliphatic rings. The fraction of sp³-hybridized carbons (Fsp3) is 0.364. The van der Waals surface area contributed by atoms with E-state index in [1.165, 1.54) is 13.2 Å². The number of hydrogen-bond donors (Lipinski definition) is 1. The summed E-state index contributed by atoms with van der Waals surface area (Å²) in [7, 11) is 1.50. The predicted octanol–water partition coefficient (Wildman–Crippen LogP) is 2.39. The minimum absolute atomic E-state index is 0.0432. The SMILES string of the molecule is COc1ccc([C@H]2COC[C@@H](C)N2C(=O)c2cc3c4c(c(N)nc3cc2F)COC4)nn1. The Morgan fingerprint density at radius 2 is 2.00 bits per heavy atom. The number of carbonyl (C=O) groups excluding carboxylic acids is 1. The Hall–Kier alpha value is -3.37. The van der Waals surface area contributed by atoms with Crippen LogP contribution in [0, 0.1) is 5.82 Å². The van der Waals surface area contributed by atoms with Crippen molar-refractivity contribution in [3.05, 3.63) is 52.5 Å². The van der Waals surface area contributed by atoms with Crippen molar-refractivity contribution in [1.82, 2.24) is 20.1 Å². The molecule has 0 spiro atoms. The van der Waals surface area contributed by atoms with Crippen molar-refractivity contribution in [2.45, 2.75) is 32.2 Å². The molecule has 9 nitrogen and oxygen atoms in total. The van der Waals surface area contributed by atoms with Crippen LogP contribution in [-0.4, -0.2) is 52.4 Å². The Labute approximate surface area is 183 Å². The molecule has 4 heterocycles. The average molecular weight is 439 g/mol. The van der Waals surface area contributed by atoms with Crippen LogP contribution >= 0.6 is 0 Å². The number of aromatic nitrogens is 3. The zero-order valence-corrected chi connectivity index (χ0v) is 17.7. The summed E-state index contributed by atoms with van der Waals surface area (Å²) >= 11 is 0. The summed E-state index contributed by atoms with van der Waals surface area (Å²) in [5, 5.41) is 8.84. The zero-order valence-electron chi connectivity index (χ0n) is 17.7. The van der Waals surface area contributed by atoms with E-state index in [4.69, 9.17) is 19.9 Å². The molecular weight excluding hydrogens is 417 g/mol. The Morgan fingerprint density at radius 1 is 1.19 bits per heavy atom. The lowest BCUT2D eigenvalue weighted by molar-refractivity contribution is -0.0331. The van der Waals surface area contributed by atoms with Crippen LogP contribution in [0.2, 0.25) is 0 Å². The third-order valence-electron chi connectivity index (χ3n) is 5.94. The largest absolute Gasteiger partial charge is 0.480 e. The molecule has 0 radical (unpaired) electrons. The normalized spacial score (nSPS) is 20.4. The number of halogens is 1. The molecule has 2 aromatic heterocycles. The van der Waals surface area contributed by atoms with E-state index in [9.17, 15) is 4.79 Å². The number of nitrogens with zero attached hydrogens (tertiary/aromatic N) is 4. The van der Waals surface area contributed by atoms with Crippen LogP contribution in [0.5, 0.6) is 5.88 Å². The van der Waals surface area contributed by atoms with Gasteiger partial charge in [0.15, 0.2) is 0 Å². The van der Waals surface area contributed by atoms with Crippen molar-refractivity contribution in [3.63, 3.8) is 0 Å². The third kappa shape index (κ3) is 3.32. The van der Waals surface area contributed by atoms with Gasteiger partial charge in [-0.05, 0) is 24.6 Å². The molecule has 3 aromatic rings. The van der Waals surface area contributed by atoms with Gasteiger partial charge in [0, 0.05) is 23.1 Å². The minimum atomic E-state index is -0.661. The van der Waals surface area contributed by atoms with Crippen LogP contribution in [0.25, 0.3) is 10.9 Å². The Bertz CT molecular complexity index is 1200. The van der Waals surface area contributed by atoms with Crippen LogP contribution in [0.1, 0.15) is 40.1 Å². The molecule has 0 unspecified atom stereocenters. The van der Waals surface area contributed by atoms with E-state index in [0.717, 1.165) is 11.1 Å². The molecule has 10 heteroatoms. The second-order valence-corrected chi connectivity index (χ2v) is 7.91. The summed E-state index contributed by atoms with van der Waals surface area (Å²) in [6.07, 6.45) is 0. The third-order valence-corrected chi connectivity index (χ3v) is 5.94. The Morgan fingerprint density at radius 3 is 2.75 bits per heavy atom. The smallest absolute Gasteiger partial charge is 0.257 e. The summed E-state index contributed by atoms with van der Waals surface area (Å²) in [6, 6.07) is 5.39. The predicted molar refractivity (Wildman–Crippen MR) is 112 cm³/mol. The number of nitrogens with two attached hydrogens (primary N) is 1. The van der Waals surface area contributed by atoms with Crippen molar-refractivity contribution in [2.75, 3.05) is 26.1 Å². The lowest BCUT2D eigenvalue weighted by Gasteiger charge is -2.40. The summed E-state index contributed by atoms with van der Waals surface area (Å²) in [5.41, 5.74) is 8.52. The van der Waals surface area contributed by atoms with Crippen LogP contribution in [-0.2, 0) is 22.7 Å². The van der Waals surface area contributed by atoms with Crippen LogP contribution in [0.4, 0.5) is 10.2 Å². The number of pyridine rings is 1. The number of ether oxygens (including phenoxy) is 3. The lowest BCUT2D eigenvalue weighted by Crippen LogP contribution is -2.49. The number of fused-ring (bicyclic) bond motifs is 3. The number of morpholine rings is 1. The van der Waals surface area contributed by atoms with Gasteiger partial charge in [0.2, 0.25) is 5.88 Å². The van der Waals surface area contributed by atoms with Gasteiger partial charge in [0.25, 0.3) is 5.91 Å². The van der Waals surface area contributed by atoms with Gasteiger partial charge in [0.05, 0.1) is 62.4 Å². The molecule has 32 heavy (non-hydrogen) atoms. The molecule has 1 amide bonds. The number of anilines is 1. The minimum Gasteiger partial charge on any atom is -0.480 e. The molecule has 1 saturated heterocycles. The van der Waals surface area contributed by atoms with Gasteiger partial charge in [0.1, 0.15) is 11.6 Å². The molecule has 1 aromatic carbocycles. The van der Waals surface area contributed by atoms with Crippen molar-refractivity contribution in [1.29, 1.82) is 0 Å². The summed E-state index contributed by atoms with van der Waals surface area (Å²) in [6.45, 7) is 3.11. The second kappa shape index (κ2) is 7.95. The number of benzene rings is 1. The second-order valence-electron chi connectivity index (χ2n) is 7.91. The van der Waals surface area contributed by atoms with E-state index < -0.39 is 17.8 Å². The highest BCUT2D eigenvalue weighted by molar-refractivity contribution is 6.00. The summed E-state index contributed by atoms with van der Waals surface area (Å²) < 4.78 is 31.4. The zero-order chi connectivity index (χ0) is 22.4. The quantitative estimate of drug-likeness (QED) is 0.662. The number of carbonyl (C=O) groups is 1. The topological polar surface area (TPSA) is 113 Å². The molecule has 166 valence electrons. The van der Waals surface area contributed by atoms with E-state index in [1.807, 2.05) is 6.92 Å². The fourth-order valence-corrected chi connectivity index (χ4v) is 4.30. The maximum atomic E-state index is 15.1. The van der Waals surface area contributed by atoms with E-state index in [-0.39, 0.29) is 18.2 Å². The van der Waals surface area contributed by atoms with E-state index in [1.54, 1.807) is 23.1 Å². The van der Waals surface area contributed by atoms with E-state index in [2.05, 4.69) is 15.2 Å². The summed E-state index contributed by atoms with van der Waals surface area (Å²) in [5.74, 6) is -0.429. The van der Waals surface area contributed by atoms with E-state index in [0.29, 0.717) is 48.1 Å². The molecule has 2 N–H and O–H groups in total. The van der Waals surface area contributed by atoms with Crippen molar-refractivity contribution >= 4 is 22.6 Å². The number of nitrogen functional groups attached to an aromatic ring is 1. The molecule has 0 saturated carbocycles. The van der Waals surface area contributed by atoms with Crippen LogP contribution < -0.4 is 10.5 Å². The number of rotatable bonds is 3. The van der Waals surface area contributed by atoms with E-state index >= 15 is 4.39 Å². The Kier molecular flexibility index (Phi) is 5.10. The monoisotopic (exact) mass is 439 g/mol. The van der Waals surface area contributed by atoms with Gasteiger partial charge in [-0.25, -0.2) is 9.37 Å². The highest BCUT2D eigenvalue weighted by Gasteiger charge is 2.36. The molecule has 5 rings (SSSR count). The number of amides is 1. The molecular formula is C22H22FN5O4. The van der Waals surface area contributed by atoms with Gasteiger partial charge in [-0.15, -0.1) is 10.2 Å². The molecule has 2 aliphatic heterocycles. The summed E-state index contributed by atoms with van der Waals surface area (Å²) in [4.78, 5) is 19.5. The first-order valence-electron chi connectivity index (χ1n) is 10.2. The van der Waals surface area contributed by atoms with Gasteiger partial charge < -0.3 is 24.8 Å². The first-order valence-corrected chi connectivity index (χ1v) is 10.2. The first kappa shape index (κ1) is 20.5. The lowest BCUT2D eigenvalue weighted by atomic mass is 10.00. The van der Waals surface area contributed by atoms with Gasteiger partial charge in [-0.2, -0.15) is 0 Å². The molecule has 0 bridgehead atoms. The Balaban J connectivity index is 1.57. The fourth-order valence-electron chi connectivity index (χ4n) is 4.30. The molecule has 0 aliphatic carbocycles.